The van der Waals surface area contributed by atoms with Gasteiger partial charge in [-0.2, -0.15) is 0 Å². The van der Waals surface area contributed by atoms with E-state index in [9.17, 15) is 53.4 Å². The number of nitrogens with one attached hydrogen (secondary N) is 2. The third-order valence-corrected chi connectivity index (χ3v) is 16.9. The van der Waals surface area contributed by atoms with Gasteiger partial charge in [-0.1, -0.05) is 76.6 Å². The van der Waals surface area contributed by atoms with Crippen LogP contribution >= 0.6 is 11.8 Å². The number of aromatic nitrogens is 3. The second-order valence-electron chi connectivity index (χ2n) is 22.1. The number of aliphatic imine (C=N–C) groups is 1. The minimum atomic E-state index is -1.24. The monoisotopic (exact) mass is 1170 g/mol. The summed E-state index contributed by atoms with van der Waals surface area (Å²) >= 11 is 0.998. The lowest BCUT2D eigenvalue weighted by Crippen LogP contribution is -2.56. The number of rotatable bonds is 29. The normalized spacial score (nSPS) is 19.7. The zero-order valence-electron chi connectivity index (χ0n) is 49.4. The molecule has 26 heteroatoms. The van der Waals surface area contributed by atoms with Crippen molar-refractivity contribution in [2.75, 3.05) is 73.8 Å². The summed E-state index contributed by atoms with van der Waals surface area (Å²) < 4.78 is 13.6. The molecular formula is C56H86N12O13S. The molecule has 0 aliphatic carbocycles. The van der Waals surface area contributed by atoms with Crippen LogP contribution in [0.2, 0.25) is 0 Å². The number of benzene rings is 1. The van der Waals surface area contributed by atoms with Crippen LogP contribution in [-0.4, -0.2) is 235 Å². The molecule has 0 saturated carbocycles. The SMILES string of the molecule is CC[C@H](C)[C@@H]([C@@H](CC(=O)N1CCCC1[C@H](OC)[C@@H](C)C(=O)N[C@@H](Cc1ccccc1)C(=O)O)OC)N(C)C(=O)[C@@H](N=C(N(C)C)N1CCN(C(=O)CCCn2cc(CN3C(=O)CC(SC[C@H](NC(C)=O)C(=O)O)C3=O)nn2)CC1)C(C)C. The Hall–Kier alpha value is -6.67. The van der Waals surface area contributed by atoms with Crippen molar-refractivity contribution in [3.63, 3.8) is 0 Å². The maximum Gasteiger partial charge on any atom is 0.327 e. The van der Waals surface area contributed by atoms with Gasteiger partial charge in [-0.15, -0.1) is 16.9 Å². The largest absolute Gasteiger partial charge is 0.480 e. The molecule has 0 spiro atoms. The maximum absolute atomic E-state index is 14.9. The van der Waals surface area contributed by atoms with E-state index in [1.54, 1.807) is 51.7 Å². The van der Waals surface area contributed by atoms with Crippen molar-refractivity contribution in [1.29, 1.82) is 0 Å². The molecule has 3 saturated heterocycles. The first-order valence-corrected chi connectivity index (χ1v) is 29.3. The molecule has 2 aromatic rings. The van der Waals surface area contributed by atoms with Gasteiger partial charge in [-0.05, 0) is 36.7 Å². The fourth-order valence-electron chi connectivity index (χ4n) is 10.9. The minimum Gasteiger partial charge on any atom is -0.480 e. The van der Waals surface area contributed by atoms with Gasteiger partial charge in [0.1, 0.15) is 23.8 Å². The molecule has 4 N–H and O–H groups in total. The lowest BCUT2D eigenvalue weighted by molar-refractivity contribution is -0.147. The zero-order chi connectivity index (χ0) is 60.5. The Morgan fingerprint density at radius 2 is 1.54 bits per heavy atom. The van der Waals surface area contributed by atoms with Crippen molar-refractivity contribution in [2.24, 2.45) is 22.7 Å². The van der Waals surface area contributed by atoms with E-state index in [0.29, 0.717) is 76.6 Å². The number of amides is 7. The van der Waals surface area contributed by atoms with E-state index in [1.165, 1.54) is 21.1 Å². The lowest BCUT2D eigenvalue weighted by atomic mass is 9.89. The van der Waals surface area contributed by atoms with Gasteiger partial charge >= 0.3 is 11.9 Å². The molecule has 25 nitrogen and oxygen atoms in total. The van der Waals surface area contributed by atoms with Gasteiger partial charge in [-0.3, -0.25) is 43.1 Å². The van der Waals surface area contributed by atoms with Crippen LogP contribution in [0.3, 0.4) is 0 Å². The number of likely N-dealkylation sites (tertiary alicyclic amines) is 2. The van der Waals surface area contributed by atoms with Crippen LogP contribution in [0.5, 0.6) is 0 Å². The van der Waals surface area contributed by atoms with Crippen LogP contribution in [0.4, 0.5) is 0 Å². The molecule has 7 amide bonds. The van der Waals surface area contributed by atoms with E-state index >= 15 is 0 Å². The Bertz CT molecular complexity index is 2560. The molecule has 2 unspecified atom stereocenters. The Morgan fingerprint density at radius 1 is 0.878 bits per heavy atom. The Kier molecular flexibility index (Phi) is 25.1. The average Bonchev–Trinajstić information content (AvgIpc) is 4.26. The number of hydrogen-bond donors (Lipinski definition) is 4. The highest BCUT2D eigenvalue weighted by Gasteiger charge is 2.44. The van der Waals surface area contributed by atoms with E-state index in [2.05, 4.69) is 25.8 Å². The van der Waals surface area contributed by atoms with Crippen LogP contribution in [0.15, 0.2) is 41.5 Å². The summed E-state index contributed by atoms with van der Waals surface area (Å²) in [5.74, 6) is -5.39. The summed E-state index contributed by atoms with van der Waals surface area (Å²) in [6.07, 6.45) is 2.76. The summed E-state index contributed by atoms with van der Waals surface area (Å²) in [5.41, 5.74) is 1.14. The lowest BCUT2D eigenvalue weighted by Gasteiger charge is -2.41. The molecule has 10 atom stereocenters. The van der Waals surface area contributed by atoms with E-state index in [4.69, 9.17) is 14.5 Å². The number of likely N-dealkylation sites (N-methyl/N-ethyl adjacent to an activating group) is 1. The van der Waals surface area contributed by atoms with Crippen molar-refractivity contribution < 1.29 is 62.8 Å². The summed E-state index contributed by atoms with van der Waals surface area (Å²) in [6, 6.07) is 4.90. The molecule has 1 aromatic carbocycles. The quantitative estimate of drug-likeness (QED) is 0.0513. The van der Waals surface area contributed by atoms with Gasteiger partial charge in [0, 0.05) is 107 Å². The molecule has 0 bridgehead atoms. The van der Waals surface area contributed by atoms with Crippen LogP contribution in [0.25, 0.3) is 0 Å². The van der Waals surface area contributed by atoms with Crippen LogP contribution in [0, 0.1) is 17.8 Å². The van der Waals surface area contributed by atoms with Crippen molar-refractivity contribution in [3.05, 3.63) is 47.8 Å². The number of hydrogen-bond acceptors (Lipinski definition) is 15. The summed E-state index contributed by atoms with van der Waals surface area (Å²) in [7, 11) is 8.49. The fourth-order valence-corrected chi connectivity index (χ4v) is 12.1. The number of methoxy groups -OCH3 is 2. The van der Waals surface area contributed by atoms with Crippen molar-refractivity contribution >= 4 is 71.0 Å². The Morgan fingerprint density at radius 3 is 2.12 bits per heavy atom. The molecule has 454 valence electrons. The summed E-state index contributed by atoms with van der Waals surface area (Å²) in [5, 5.41) is 31.9. The standard InChI is InChI=1S/C56H86N12O13S/c1-12-35(4)49(43(80-10)29-46(71)67-23-16-20-42(67)50(81-11)36(5)51(73)58-40(54(76)77)28-38-18-14-13-15-19-38)63(9)53(75)48(34(2)3)59-56(62(7)8)65-26-24-64(25-27-65)45(70)21-17-22-66-31-39(60-61-66)32-68-47(72)30-44(52(68)74)82-33-41(55(78)79)57-37(6)69/h13-15,18-19,31,34-36,40-44,48-50H,12,16-17,20-30,32-33H2,1-11H3,(H,57,69)(H,58,73)(H,76,77)(H,78,79)/t35-,36+,40-,41-,42?,43+,44?,48-,49-,50+/m0/s1. The van der Waals surface area contributed by atoms with Crippen LogP contribution < -0.4 is 10.6 Å². The number of guanidine groups is 1. The van der Waals surface area contributed by atoms with Gasteiger partial charge < -0.3 is 54.8 Å². The van der Waals surface area contributed by atoms with Gasteiger partial charge in [0.2, 0.25) is 41.4 Å². The van der Waals surface area contributed by atoms with Crippen molar-refractivity contribution in [2.45, 2.75) is 154 Å². The highest BCUT2D eigenvalue weighted by Crippen LogP contribution is 2.31. The third-order valence-electron chi connectivity index (χ3n) is 15.6. The molecule has 1 aromatic heterocycles. The maximum atomic E-state index is 14.9. The number of carbonyl (C=O) groups excluding carboxylic acids is 7. The third kappa shape index (κ3) is 17.7. The number of carbonyl (C=O) groups is 9. The van der Waals surface area contributed by atoms with Crippen molar-refractivity contribution in [1.82, 2.24) is 55.0 Å². The fraction of sp³-hybridized carbons (Fsp3) is 0.679. The van der Waals surface area contributed by atoms with Crippen LogP contribution in [0.1, 0.15) is 97.7 Å². The molecule has 3 aliphatic rings. The molecule has 0 radical (unpaired) electrons. The van der Waals surface area contributed by atoms with Crippen LogP contribution in [-0.2, 0) is 72.1 Å². The molecule has 3 aliphatic heterocycles. The zero-order valence-corrected chi connectivity index (χ0v) is 50.2. The Balaban J connectivity index is 1.16. The number of piperazine rings is 1. The van der Waals surface area contributed by atoms with E-state index in [1.807, 2.05) is 64.9 Å². The number of carboxylic acids is 2. The van der Waals surface area contributed by atoms with Crippen molar-refractivity contribution in [3.8, 4) is 0 Å². The average molecular weight is 1170 g/mol. The number of thioether (sulfide) groups is 1. The predicted molar refractivity (Wildman–Crippen MR) is 305 cm³/mol. The second-order valence-corrected chi connectivity index (χ2v) is 23.3. The molecule has 3 fully saturated rings. The van der Waals surface area contributed by atoms with Gasteiger partial charge in [-0.25, -0.2) is 14.6 Å². The molecule has 82 heavy (non-hydrogen) atoms. The Labute approximate surface area is 485 Å². The van der Waals surface area contributed by atoms with E-state index < -0.39 is 89.2 Å². The number of aliphatic carboxylic acids is 2. The second kappa shape index (κ2) is 31.1. The molecule has 4 heterocycles. The van der Waals surface area contributed by atoms with Gasteiger partial charge in [0.15, 0.2) is 5.96 Å². The summed E-state index contributed by atoms with van der Waals surface area (Å²) in [6.45, 7) is 13.3. The number of ether oxygens (including phenoxy) is 2. The first-order valence-electron chi connectivity index (χ1n) is 28.2. The van der Waals surface area contributed by atoms with E-state index in [0.717, 1.165) is 22.2 Å². The van der Waals surface area contributed by atoms with E-state index in [-0.39, 0.29) is 67.5 Å². The summed E-state index contributed by atoms with van der Waals surface area (Å²) in [4.78, 5) is 133. The smallest absolute Gasteiger partial charge is 0.327 e. The molecule has 5 rings (SSSR count). The number of imide groups is 1. The number of carboxylic acid groups (broad SMARTS) is 2. The topological polar surface area (TPSA) is 299 Å². The highest BCUT2D eigenvalue weighted by atomic mass is 32.2. The first kappa shape index (κ1) is 66.1. The number of nitrogens with zero attached hydrogens (tertiary/aromatic N) is 10. The van der Waals surface area contributed by atoms with Gasteiger partial charge in [0.25, 0.3) is 0 Å². The number of aryl methyl sites for hydroxylation is 1. The van der Waals surface area contributed by atoms with Gasteiger partial charge in [0.05, 0.1) is 54.6 Å². The minimum absolute atomic E-state index is 0.0375. The first-order chi connectivity index (χ1) is 38.9. The highest BCUT2D eigenvalue weighted by molar-refractivity contribution is 8.00. The molecular weight excluding hydrogens is 1080 g/mol. The predicted octanol–water partition coefficient (Wildman–Crippen LogP) is 1.83.